The van der Waals surface area contributed by atoms with Crippen molar-refractivity contribution in [1.29, 1.82) is 0 Å². The third kappa shape index (κ3) is 3.27. The van der Waals surface area contributed by atoms with Crippen LogP contribution in [0.1, 0.15) is 31.1 Å². The van der Waals surface area contributed by atoms with E-state index in [2.05, 4.69) is 5.32 Å². The van der Waals surface area contributed by atoms with Crippen LogP contribution in [0, 0.1) is 6.92 Å². The molecule has 1 amide bonds. The molecule has 0 atom stereocenters. The van der Waals surface area contributed by atoms with Crippen LogP contribution < -0.4 is 5.32 Å². The number of aliphatic hydroxyl groups is 1. The third-order valence-corrected chi connectivity index (χ3v) is 3.09. The normalized spacial score (nSPS) is 10.6. The number of benzene rings is 1. The van der Waals surface area contributed by atoms with Crippen molar-refractivity contribution in [1.82, 2.24) is 0 Å². The van der Waals surface area contributed by atoms with Crippen LogP contribution in [-0.2, 0) is 11.4 Å². The number of anilines is 1. The number of carbonyl (C=O) groups excluding carboxylic acids is 1. The summed E-state index contributed by atoms with van der Waals surface area (Å²) in [5, 5.41) is 11.9. The van der Waals surface area contributed by atoms with Gasteiger partial charge in [0.25, 0.3) is 0 Å². The van der Waals surface area contributed by atoms with Crippen molar-refractivity contribution < 1.29 is 14.3 Å². The summed E-state index contributed by atoms with van der Waals surface area (Å²) in [4.78, 5) is 11.7. The second kappa shape index (κ2) is 6.39. The van der Waals surface area contributed by atoms with E-state index in [-0.39, 0.29) is 12.5 Å². The van der Waals surface area contributed by atoms with Crippen molar-refractivity contribution in [3.05, 3.63) is 41.7 Å². The van der Waals surface area contributed by atoms with Crippen LogP contribution in [0.2, 0.25) is 0 Å². The van der Waals surface area contributed by atoms with E-state index >= 15 is 0 Å². The molecular formula is C16H19NO3. The lowest BCUT2D eigenvalue weighted by molar-refractivity contribution is -0.116. The molecule has 0 aliphatic carbocycles. The van der Waals surface area contributed by atoms with Crippen molar-refractivity contribution in [2.45, 2.75) is 33.3 Å². The van der Waals surface area contributed by atoms with E-state index in [0.29, 0.717) is 17.9 Å². The molecule has 2 N–H and O–H groups in total. The number of nitrogens with one attached hydrogen (secondary N) is 1. The number of furan rings is 1. The number of rotatable bonds is 5. The summed E-state index contributed by atoms with van der Waals surface area (Å²) >= 11 is 0. The van der Waals surface area contributed by atoms with Gasteiger partial charge < -0.3 is 14.8 Å². The van der Waals surface area contributed by atoms with Gasteiger partial charge in [0.2, 0.25) is 5.91 Å². The summed E-state index contributed by atoms with van der Waals surface area (Å²) in [7, 11) is 0. The fraction of sp³-hybridized carbons (Fsp3) is 0.312. The van der Waals surface area contributed by atoms with Gasteiger partial charge in [-0.2, -0.15) is 0 Å². The Labute approximate surface area is 118 Å². The number of hydrogen-bond acceptors (Lipinski definition) is 3. The van der Waals surface area contributed by atoms with Crippen molar-refractivity contribution in [3.63, 3.8) is 0 Å². The highest BCUT2D eigenvalue weighted by atomic mass is 16.4. The fourth-order valence-corrected chi connectivity index (χ4v) is 1.97. The van der Waals surface area contributed by atoms with E-state index in [4.69, 9.17) is 9.52 Å². The van der Waals surface area contributed by atoms with E-state index in [1.807, 2.05) is 38.1 Å². The number of aliphatic hydroxyl groups excluding tert-OH is 1. The van der Waals surface area contributed by atoms with Gasteiger partial charge in [-0.25, -0.2) is 0 Å². The summed E-state index contributed by atoms with van der Waals surface area (Å²) in [5.74, 6) is 1.22. The molecule has 106 valence electrons. The predicted octanol–water partition coefficient (Wildman–Crippen LogP) is 3.49. The molecule has 2 rings (SSSR count). The van der Waals surface area contributed by atoms with Crippen molar-refractivity contribution in [3.8, 4) is 11.3 Å². The molecule has 0 spiro atoms. The molecule has 0 saturated carbocycles. The first kappa shape index (κ1) is 14.3. The van der Waals surface area contributed by atoms with Gasteiger partial charge in [-0.15, -0.1) is 0 Å². The minimum atomic E-state index is -0.119. The molecule has 4 nitrogen and oxygen atoms in total. The molecule has 0 aliphatic heterocycles. The summed E-state index contributed by atoms with van der Waals surface area (Å²) in [5.41, 5.74) is 2.68. The summed E-state index contributed by atoms with van der Waals surface area (Å²) in [6.07, 6.45) is 1.34. The van der Waals surface area contributed by atoms with E-state index in [1.54, 1.807) is 6.07 Å². The molecule has 20 heavy (non-hydrogen) atoms. The molecule has 0 radical (unpaired) electrons. The fourth-order valence-electron chi connectivity index (χ4n) is 1.97. The smallest absolute Gasteiger partial charge is 0.224 e. The van der Waals surface area contributed by atoms with Gasteiger partial charge in [-0.1, -0.05) is 19.1 Å². The second-order valence-corrected chi connectivity index (χ2v) is 4.75. The van der Waals surface area contributed by atoms with Crippen molar-refractivity contribution in [2.24, 2.45) is 0 Å². The standard InChI is InChI=1S/C16H19NO3/c1-3-4-16(19)17-14-9-12(6-5-11(14)2)15-8-7-13(10-18)20-15/h5-9,18H,3-4,10H2,1-2H3,(H,17,19). The highest BCUT2D eigenvalue weighted by molar-refractivity contribution is 5.92. The maximum Gasteiger partial charge on any atom is 0.224 e. The molecule has 1 aromatic heterocycles. The average molecular weight is 273 g/mol. The first-order chi connectivity index (χ1) is 9.63. The Balaban J connectivity index is 2.25. The summed E-state index contributed by atoms with van der Waals surface area (Å²) in [6, 6.07) is 9.32. The highest BCUT2D eigenvalue weighted by Crippen LogP contribution is 2.27. The van der Waals surface area contributed by atoms with E-state index < -0.39 is 0 Å². The Kier molecular flexibility index (Phi) is 4.58. The Morgan fingerprint density at radius 2 is 2.10 bits per heavy atom. The molecule has 4 heteroatoms. The lowest BCUT2D eigenvalue weighted by Crippen LogP contribution is -2.11. The third-order valence-electron chi connectivity index (χ3n) is 3.09. The maximum atomic E-state index is 11.7. The van der Waals surface area contributed by atoms with Crippen LogP contribution >= 0.6 is 0 Å². The SMILES string of the molecule is CCCC(=O)Nc1cc(-c2ccc(CO)o2)ccc1C. The molecule has 1 aromatic carbocycles. The lowest BCUT2D eigenvalue weighted by Gasteiger charge is -2.09. The van der Waals surface area contributed by atoms with Crippen LogP contribution in [-0.4, -0.2) is 11.0 Å². The van der Waals surface area contributed by atoms with Crippen molar-refractivity contribution in [2.75, 3.05) is 5.32 Å². The number of amides is 1. The molecular weight excluding hydrogens is 254 g/mol. The van der Waals surface area contributed by atoms with Crippen LogP contribution in [0.5, 0.6) is 0 Å². The molecule has 0 aliphatic rings. The number of aryl methyl sites for hydroxylation is 1. The minimum Gasteiger partial charge on any atom is -0.459 e. The first-order valence-electron chi connectivity index (χ1n) is 6.74. The first-order valence-corrected chi connectivity index (χ1v) is 6.74. The van der Waals surface area contributed by atoms with Gasteiger partial charge in [0.1, 0.15) is 18.1 Å². The van der Waals surface area contributed by atoms with Gasteiger partial charge in [0.05, 0.1) is 0 Å². The summed E-state index contributed by atoms with van der Waals surface area (Å²) < 4.78 is 5.50. The Morgan fingerprint density at radius 3 is 2.75 bits per heavy atom. The zero-order valence-electron chi connectivity index (χ0n) is 11.8. The van der Waals surface area contributed by atoms with Gasteiger partial charge >= 0.3 is 0 Å². The van der Waals surface area contributed by atoms with Gasteiger partial charge in [0.15, 0.2) is 0 Å². The molecule has 0 unspecified atom stereocenters. The van der Waals surface area contributed by atoms with Crippen LogP contribution in [0.3, 0.4) is 0 Å². The molecule has 0 saturated heterocycles. The topological polar surface area (TPSA) is 62.5 Å². The maximum absolute atomic E-state index is 11.7. The monoisotopic (exact) mass is 273 g/mol. The lowest BCUT2D eigenvalue weighted by atomic mass is 10.1. The zero-order chi connectivity index (χ0) is 14.5. The number of hydrogen-bond donors (Lipinski definition) is 2. The highest BCUT2D eigenvalue weighted by Gasteiger charge is 2.08. The van der Waals surface area contributed by atoms with Crippen LogP contribution in [0.25, 0.3) is 11.3 Å². The summed E-state index contributed by atoms with van der Waals surface area (Å²) in [6.45, 7) is 3.81. The van der Waals surface area contributed by atoms with Crippen molar-refractivity contribution >= 4 is 11.6 Å². The van der Waals surface area contributed by atoms with Gasteiger partial charge in [-0.05, 0) is 37.1 Å². The Hall–Kier alpha value is -2.07. The largest absolute Gasteiger partial charge is 0.459 e. The van der Waals surface area contributed by atoms with E-state index in [1.165, 1.54) is 0 Å². The molecule has 0 bridgehead atoms. The van der Waals surface area contributed by atoms with E-state index in [0.717, 1.165) is 23.2 Å². The van der Waals surface area contributed by atoms with Gasteiger partial charge in [-0.3, -0.25) is 4.79 Å². The average Bonchev–Trinajstić information content (AvgIpc) is 2.90. The number of carbonyl (C=O) groups is 1. The molecule has 1 heterocycles. The predicted molar refractivity (Wildman–Crippen MR) is 78.3 cm³/mol. The molecule has 2 aromatic rings. The van der Waals surface area contributed by atoms with Crippen LogP contribution in [0.4, 0.5) is 5.69 Å². The Bertz CT molecular complexity index is 602. The zero-order valence-corrected chi connectivity index (χ0v) is 11.8. The Morgan fingerprint density at radius 1 is 1.30 bits per heavy atom. The minimum absolute atomic E-state index is 0.0169. The second-order valence-electron chi connectivity index (χ2n) is 4.75. The molecule has 0 fully saturated rings. The quantitative estimate of drug-likeness (QED) is 0.876. The van der Waals surface area contributed by atoms with E-state index in [9.17, 15) is 4.79 Å². The van der Waals surface area contributed by atoms with Crippen LogP contribution in [0.15, 0.2) is 34.7 Å². The van der Waals surface area contributed by atoms with Gasteiger partial charge in [0, 0.05) is 17.7 Å².